The number of halogens is 1. The number of hydrogen-bond acceptors (Lipinski definition) is 3. The Morgan fingerprint density at radius 3 is 2.71 bits per heavy atom. The Balaban J connectivity index is 1.94. The molecule has 0 saturated heterocycles. The van der Waals surface area contributed by atoms with E-state index in [1.165, 1.54) is 25.7 Å². The van der Waals surface area contributed by atoms with Crippen LogP contribution in [0.1, 0.15) is 43.1 Å². The molecular formula is C12H16ClN3O. The summed E-state index contributed by atoms with van der Waals surface area (Å²) in [6, 6.07) is 3.36. The molecule has 1 unspecified atom stereocenters. The lowest BCUT2D eigenvalue weighted by molar-refractivity contribution is 0.0921. The normalized spacial score (nSPS) is 18.0. The largest absolute Gasteiger partial charge is 0.348 e. The van der Waals surface area contributed by atoms with Crippen molar-refractivity contribution in [2.45, 2.75) is 38.6 Å². The summed E-state index contributed by atoms with van der Waals surface area (Å²) in [5.41, 5.74) is 0.319. The molecule has 0 spiro atoms. The van der Waals surface area contributed by atoms with Crippen LogP contribution in [-0.2, 0) is 0 Å². The number of nitrogens with zero attached hydrogens (tertiary/aromatic N) is 2. The predicted molar refractivity (Wildman–Crippen MR) is 65.9 cm³/mol. The van der Waals surface area contributed by atoms with Crippen molar-refractivity contribution in [3.63, 3.8) is 0 Å². The maximum atomic E-state index is 11.9. The lowest BCUT2D eigenvalue weighted by Crippen LogP contribution is -2.37. The van der Waals surface area contributed by atoms with Gasteiger partial charge in [0.25, 0.3) is 5.91 Å². The van der Waals surface area contributed by atoms with E-state index in [4.69, 9.17) is 11.6 Å². The average molecular weight is 254 g/mol. The van der Waals surface area contributed by atoms with E-state index in [-0.39, 0.29) is 11.9 Å². The maximum absolute atomic E-state index is 11.9. The van der Waals surface area contributed by atoms with Gasteiger partial charge >= 0.3 is 0 Å². The minimum absolute atomic E-state index is 0.173. The van der Waals surface area contributed by atoms with E-state index in [9.17, 15) is 4.79 Å². The second kappa shape index (κ2) is 5.45. The Morgan fingerprint density at radius 2 is 2.12 bits per heavy atom. The van der Waals surface area contributed by atoms with Crippen molar-refractivity contribution in [2.75, 3.05) is 0 Å². The third-order valence-electron chi connectivity index (χ3n) is 3.33. The zero-order valence-corrected chi connectivity index (χ0v) is 10.6. The summed E-state index contributed by atoms with van der Waals surface area (Å²) in [5, 5.41) is 10.7. The average Bonchev–Trinajstić information content (AvgIpc) is 2.83. The molecule has 1 aromatic heterocycles. The van der Waals surface area contributed by atoms with Gasteiger partial charge in [0, 0.05) is 6.04 Å². The molecule has 0 radical (unpaired) electrons. The van der Waals surface area contributed by atoms with E-state index in [0.717, 1.165) is 0 Å². The molecule has 1 amide bonds. The summed E-state index contributed by atoms with van der Waals surface area (Å²) >= 11 is 5.62. The molecule has 1 aromatic rings. The van der Waals surface area contributed by atoms with Gasteiger partial charge in [-0.25, -0.2) is 0 Å². The van der Waals surface area contributed by atoms with Crippen molar-refractivity contribution in [3.8, 4) is 0 Å². The Hall–Kier alpha value is -1.16. The number of carbonyl (C=O) groups is 1. The fourth-order valence-corrected chi connectivity index (χ4v) is 2.39. The first-order valence-electron chi connectivity index (χ1n) is 5.97. The van der Waals surface area contributed by atoms with Crippen LogP contribution in [0.4, 0.5) is 0 Å². The third-order valence-corrected chi connectivity index (χ3v) is 3.53. The van der Waals surface area contributed by atoms with Crippen LogP contribution in [0.5, 0.6) is 0 Å². The molecule has 1 fully saturated rings. The highest BCUT2D eigenvalue weighted by atomic mass is 35.5. The molecule has 1 heterocycles. The minimum atomic E-state index is -0.173. The topological polar surface area (TPSA) is 54.9 Å². The van der Waals surface area contributed by atoms with Gasteiger partial charge in [-0.05, 0) is 37.8 Å². The standard InChI is InChI=1S/C12H16ClN3O/c1-8(9-4-2-3-5-9)14-12(17)10-6-7-11(13)16-15-10/h6-9H,2-5H2,1H3,(H,14,17). The van der Waals surface area contributed by atoms with E-state index in [1.54, 1.807) is 12.1 Å². The van der Waals surface area contributed by atoms with Gasteiger partial charge in [0.05, 0.1) is 0 Å². The molecule has 1 N–H and O–H groups in total. The molecule has 0 aromatic carbocycles. The summed E-state index contributed by atoms with van der Waals surface area (Å²) < 4.78 is 0. The Labute approximate surface area is 106 Å². The van der Waals surface area contributed by atoms with Gasteiger partial charge in [0.2, 0.25) is 0 Å². The van der Waals surface area contributed by atoms with Crippen LogP contribution in [0.15, 0.2) is 12.1 Å². The SMILES string of the molecule is CC(NC(=O)c1ccc(Cl)nn1)C1CCCC1. The number of nitrogens with one attached hydrogen (secondary N) is 1. The molecule has 1 saturated carbocycles. The number of hydrogen-bond donors (Lipinski definition) is 1. The van der Waals surface area contributed by atoms with E-state index >= 15 is 0 Å². The Bertz CT molecular complexity index is 387. The van der Waals surface area contributed by atoms with Crippen LogP contribution >= 0.6 is 11.6 Å². The van der Waals surface area contributed by atoms with Crippen LogP contribution < -0.4 is 5.32 Å². The molecule has 4 nitrogen and oxygen atoms in total. The number of aromatic nitrogens is 2. The van der Waals surface area contributed by atoms with Gasteiger partial charge < -0.3 is 5.32 Å². The highest BCUT2D eigenvalue weighted by Gasteiger charge is 2.23. The molecule has 2 rings (SSSR count). The lowest BCUT2D eigenvalue weighted by Gasteiger charge is -2.19. The van der Waals surface area contributed by atoms with Crippen LogP contribution in [0, 0.1) is 5.92 Å². The second-order valence-electron chi connectivity index (χ2n) is 4.55. The second-order valence-corrected chi connectivity index (χ2v) is 4.94. The monoisotopic (exact) mass is 253 g/mol. The van der Waals surface area contributed by atoms with Gasteiger partial charge in [0.15, 0.2) is 10.8 Å². The fraction of sp³-hybridized carbons (Fsp3) is 0.583. The van der Waals surface area contributed by atoms with E-state index in [1.807, 2.05) is 0 Å². The van der Waals surface area contributed by atoms with Crippen LogP contribution in [0.3, 0.4) is 0 Å². The number of amides is 1. The molecule has 17 heavy (non-hydrogen) atoms. The van der Waals surface area contributed by atoms with E-state index in [2.05, 4.69) is 22.4 Å². The van der Waals surface area contributed by atoms with Crippen LogP contribution in [0.25, 0.3) is 0 Å². The highest BCUT2D eigenvalue weighted by molar-refractivity contribution is 6.29. The van der Waals surface area contributed by atoms with E-state index in [0.29, 0.717) is 16.8 Å². The molecule has 0 bridgehead atoms. The van der Waals surface area contributed by atoms with Gasteiger partial charge in [0.1, 0.15) is 0 Å². The Morgan fingerprint density at radius 1 is 1.41 bits per heavy atom. The summed E-state index contributed by atoms with van der Waals surface area (Å²) in [5.74, 6) is 0.424. The van der Waals surface area contributed by atoms with E-state index < -0.39 is 0 Å². The maximum Gasteiger partial charge on any atom is 0.272 e. The van der Waals surface area contributed by atoms with Crippen LogP contribution in [0.2, 0.25) is 5.15 Å². The predicted octanol–water partition coefficient (Wildman–Crippen LogP) is 2.44. The van der Waals surface area contributed by atoms with Crippen molar-refractivity contribution in [1.29, 1.82) is 0 Å². The number of carbonyl (C=O) groups excluding carboxylic acids is 1. The first kappa shape index (κ1) is 12.3. The van der Waals surface area contributed by atoms with Gasteiger partial charge in [-0.1, -0.05) is 24.4 Å². The van der Waals surface area contributed by atoms with Crippen LogP contribution in [-0.4, -0.2) is 22.1 Å². The lowest BCUT2D eigenvalue weighted by atomic mass is 10.00. The molecule has 1 atom stereocenters. The zero-order chi connectivity index (χ0) is 12.3. The van der Waals surface area contributed by atoms with Crippen molar-refractivity contribution in [1.82, 2.24) is 15.5 Å². The summed E-state index contributed by atoms with van der Waals surface area (Å²) in [4.78, 5) is 11.9. The summed E-state index contributed by atoms with van der Waals surface area (Å²) in [6.45, 7) is 2.05. The summed E-state index contributed by atoms with van der Waals surface area (Å²) in [7, 11) is 0. The molecule has 92 valence electrons. The minimum Gasteiger partial charge on any atom is -0.348 e. The van der Waals surface area contributed by atoms with Gasteiger partial charge in [-0.3, -0.25) is 4.79 Å². The first-order valence-corrected chi connectivity index (χ1v) is 6.34. The molecular weight excluding hydrogens is 238 g/mol. The Kier molecular flexibility index (Phi) is 3.94. The third kappa shape index (κ3) is 3.16. The highest BCUT2D eigenvalue weighted by Crippen LogP contribution is 2.27. The molecule has 1 aliphatic carbocycles. The van der Waals surface area contributed by atoms with Crippen molar-refractivity contribution >= 4 is 17.5 Å². The number of rotatable bonds is 3. The molecule has 0 aliphatic heterocycles. The van der Waals surface area contributed by atoms with Crippen molar-refractivity contribution in [2.24, 2.45) is 5.92 Å². The summed E-state index contributed by atoms with van der Waals surface area (Å²) in [6.07, 6.45) is 4.94. The van der Waals surface area contributed by atoms with Gasteiger partial charge in [-0.15, -0.1) is 10.2 Å². The van der Waals surface area contributed by atoms with Crippen molar-refractivity contribution < 1.29 is 4.79 Å². The molecule has 5 heteroatoms. The fourth-order valence-electron chi connectivity index (χ4n) is 2.29. The quantitative estimate of drug-likeness (QED) is 0.900. The first-order chi connectivity index (χ1) is 8.16. The van der Waals surface area contributed by atoms with Gasteiger partial charge in [-0.2, -0.15) is 0 Å². The smallest absolute Gasteiger partial charge is 0.272 e. The molecule has 1 aliphatic rings. The van der Waals surface area contributed by atoms with Crippen molar-refractivity contribution in [3.05, 3.63) is 23.0 Å². The zero-order valence-electron chi connectivity index (χ0n) is 9.82.